The summed E-state index contributed by atoms with van der Waals surface area (Å²) < 4.78 is 65.4. The van der Waals surface area contributed by atoms with E-state index >= 15 is 8.42 Å². The lowest BCUT2D eigenvalue weighted by molar-refractivity contribution is 0.339. The molecule has 0 fully saturated rings. The van der Waals surface area contributed by atoms with Gasteiger partial charge in [0.1, 0.15) is 45.0 Å². The second-order valence-corrected chi connectivity index (χ2v) is 12.4. The van der Waals surface area contributed by atoms with Gasteiger partial charge in [-0.15, -0.1) is 0 Å². The van der Waals surface area contributed by atoms with Gasteiger partial charge in [-0.3, -0.25) is 0 Å². The average Bonchev–Trinajstić information content (AvgIpc) is 3.09. The molecule has 8 nitrogen and oxygen atoms in total. The molecule has 248 valence electrons. The van der Waals surface area contributed by atoms with Crippen LogP contribution in [-0.4, -0.2) is 50.1 Å². The van der Waals surface area contributed by atoms with E-state index in [0.717, 1.165) is 11.1 Å². The summed E-state index contributed by atoms with van der Waals surface area (Å²) in [5.74, 6) is 2.69. The van der Waals surface area contributed by atoms with Gasteiger partial charge in [-0.05, 0) is 50.2 Å². The fourth-order valence-corrected chi connectivity index (χ4v) is 7.44. The molecule has 0 spiro atoms. The summed E-state index contributed by atoms with van der Waals surface area (Å²) in [6, 6.07) is 25.3. The first kappa shape index (κ1) is 35.0. The smallest absolute Gasteiger partial charge is 0.172 e. The lowest BCUT2D eigenvalue weighted by Gasteiger charge is -2.26. The molecule has 0 saturated carbocycles. The largest absolute Gasteiger partial charge is 0.496 e. The topological polar surface area (TPSA) is 89.5 Å². The Balaban J connectivity index is 2.04. The van der Waals surface area contributed by atoms with Gasteiger partial charge >= 0.3 is 0 Å². The number of ether oxygens (including phenoxy) is 6. The van der Waals surface area contributed by atoms with E-state index in [-0.39, 0.29) is 0 Å². The van der Waals surface area contributed by atoms with Gasteiger partial charge in [-0.1, -0.05) is 72.8 Å². The van der Waals surface area contributed by atoms with Gasteiger partial charge in [0, 0.05) is 11.1 Å². The van der Waals surface area contributed by atoms with E-state index < -0.39 is 20.3 Å². The fourth-order valence-electron chi connectivity index (χ4n) is 5.41. The van der Waals surface area contributed by atoms with E-state index in [4.69, 9.17) is 28.4 Å². The highest BCUT2D eigenvalue weighted by Gasteiger charge is 2.39. The number of benzene rings is 4. The molecule has 4 rings (SSSR count). The average molecular weight is 659 g/mol. The first-order chi connectivity index (χ1) is 22.8. The second kappa shape index (κ2) is 16.6. The van der Waals surface area contributed by atoms with Crippen LogP contribution in [0.15, 0.2) is 97.1 Å². The third-order valence-electron chi connectivity index (χ3n) is 7.55. The molecule has 2 unspecified atom stereocenters. The summed E-state index contributed by atoms with van der Waals surface area (Å²) in [5, 5.41) is -2.51. The van der Waals surface area contributed by atoms with Crippen LogP contribution in [0.3, 0.4) is 0 Å². The summed E-state index contributed by atoms with van der Waals surface area (Å²) >= 11 is 0. The van der Waals surface area contributed by atoms with Gasteiger partial charge in [0.15, 0.2) is 9.84 Å². The lowest BCUT2D eigenvalue weighted by atomic mass is 10.1. The van der Waals surface area contributed by atoms with Crippen molar-refractivity contribution in [1.29, 1.82) is 0 Å². The molecular weight excluding hydrogens is 616 g/mol. The molecule has 0 saturated heterocycles. The molecule has 0 aliphatic heterocycles. The maximum Gasteiger partial charge on any atom is 0.172 e. The Morgan fingerprint density at radius 1 is 0.511 bits per heavy atom. The number of rotatable bonds is 16. The van der Waals surface area contributed by atoms with Crippen LogP contribution < -0.4 is 28.4 Å². The van der Waals surface area contributed by atoms with Gasteiger partial charge in [-0.2, -0.15) is 0 Å². The number of sulfone groups is 1. The summed E-state index contributed by atoms with van der Waals surface area (Å²) in [4.78, 5) is 0. The first-order valence-corrected chi connectivity index (χ1v) is 16.9. The summed E-state index contributed by atoms with van der Waals surface area (Å²) in [6.07, 6.45) is 6.79. The van der Waals surface area contributed by atoms with Crippen LogP contribution in [0, 0.1) is 0 Å². The van der Waals surface area contributed by atoms with Crippen molar-refractivity contribution < 1.29 is 36.8 Å². The zero-order chi connectivity index (χ0) is 33.8. The Kier molecular flexibility index (Phi) is 12.4. The molecule has 0 radical (unpaired) electrons. The molecule has 0 aliphatic rings. The number of hydrogen-bond donors (Lipinski definition) is 0. The normalized spacial score (nSPS) is 12.9. The van der Waals surface area contributed by atoms with Gasteiger partial charge in [-0.25, -0.2) is 8.42 Å². The molecule has 2 atom stereocenters. The molecule has 4 aromatic rings. The van der Waals surface area contributed by atoms with Crippen LogP contribution in [0.4, 0.5) is 0 Å². The summed E-state index contributed by atoms with van der Waals surface area (Å²) in [5.41, 5.74) is 2.14. The molecule has 0 heterocycles. The monoisotopic (exact) mass is 658 g/mol. The molecule has 47 heavy (non-hydrogen) atoms. The van der Waals surface area contributed by atoms with E-state index in [1.807, 2.05) is 62.4 Å². The highest BCUT2D eigenvalue weighted by molar-refractivity contribution is 7.92. The van der Waals surface area contributed by atoms with Crippen molar-refractivity contribution in [2.24, 2.45) is 0 Å². The first-order valence-electron chi connectivity index (χ1n) is 15.3. The Labute approximate surface area is 278 Å². The SMILES string of the molecule is CCOc1ccccc1C=CC(c1c(OC)cccc1OC)S(=O)(=O)C(C=Cc1ccccc1OCC)c1c(OC)cccc1OC. The van der Waals surface area contributed by atoms with E-state index in [1.54, 1.807) is 60.7 Å². The van der Waals surface area contributed by atoms with E-state index in [0.29, 0.717) is 58.8 Å². The van der Waals surface area contributed by atoms with Crippen LogP contribution in [0.2, 0.25) is 0 Å². The maximum atomic E-state index is 15.4. The van der Waals surface area contributed by atoms with Crippen molar-refractivity contribution in [2.45, 2.75) is 24.3 Å². The molecule has 0 aromatic heterocycles. The minimum Gasteiger partial charge on any atom is -0.496 e. The van der Waals surface area contributed by atoms with Gasteiger partial charge in [0.05, 0.1) is 52.8 Å². The Morgan fingerprint density at radius 3 is 1.15 bits per heavy atom. The van der Waals surface area contributed by atoms with Crippen molar-refractivity contribution in [1.82, 2.24) is 0 Å². The zero-order valence-electron chi connectivity index (χ0n) is 27.6. The molecular formula is C38H42O8S. The highest BCUT2D eigenvalue weighted by Crippen LogP contribution is 2.48. The molecule has 0 amide bonds. The van der Waals surface area contributed by atoms with Crippen LogP contribution >= 0.6 is 0 Å². The predicted octanol–water partition coefficient (Wildman–Crippen LogP) is 8.14. The van der Waals surface area contributed by atoms with Crippen molar-refractivity contribution in [2.75, 3.05) is 41.7 Å². The fraction of sp³-hybridized carbons (Fsp3) is 0.263. The Hall–Kier alpha value is -4.89. The van der Waals surface area contributed by atoms with Crippen molar-refractivity contribution in [3.05, 3.63) is 119 Å². The van der Waals surface area contributed by atoms with Crippen molar-refractivity contribution >= 4 is 22.0 Å². The highest BCUT2D eigenvalue weighted by atomic mass is 32.2. The molecule has 4 aromatic carbocycles. The summed E-state index contributed by atoms with van der Waals surface area (Å²) in [6.45, 7) is 4.70. The number of para-hydroxylation sites is 2. The third-order valence-corrected chi connectivity index (χ3v) is 9.75. The van der Waals surface area contributed by atoms with Crippen LogP contribution in [-0.2, 0) is 9.84 Å². The quantitative estimate of drug-likeness (QED) is 0.119. The third kappa shape index (κ3) is 7.92. The molecule has 9 heteroatoms. The van der Waals surface area contributed by atoms with Crippen LogP contribution in [0.5, 0.6) is 34.5 Å². The number of hydrogen-bond acceptors (Lipinski definition) is 8. The van der Waals surface area contributed by atoms with Gasteiger partial charge < -0.3 is 28.4 Å². The molecule has 0 aliphatic carbocycles. The number of methoxy groups -OCH3 is 4. The molecule has 0 bridgehead atoms. The van der Waals surface area contributed by atoms with Crippen molar-refractivity contribution in [3.63, 3.8) is 0 Å². The minimum atomic E-state index is -4.27. The van der Waals surface area contributed by atoms with Gasteiger partial charge in [0.25, 0.3) is 0 Å². The van der Waals surface area contributed by atoms with Crippen LogP contribution in [0.1, 0.15) is 46.6 Å². The molecule has 0 N–H and O–H groups in total. The maximum absolute atomic E-state index is 15.4. The summed E-state index contributed by atoms with van der Waals surface area (Å²) in [7, 11) is 1.74. The van der Waals surface area contributed by atoms with Crippen LogP contribution in [0.25, 0.3) is 12.2 Å². The lowest BCUT2D eigenvalue weighted by Crippen LogP contribution is -2.21. The second-order valence-electron chi connectivity index (χ2n) is 10.2. The van der Waals surface area contributed by atoms with E-state index in [2.05, 4.69) is 0 Å². The predicted molar refractivity (Wildman–Crippen MR) is 187 cm³/mol. The van der Waals surface area contributed by atoms with E-state index in [1.165, 1.54) is 28.4 Å². The van der Waals surface area contributed by atoms with Crippen molar-refractivity contribution in [3.8, 4) is 34.5 Å². The Morgan fingerprint density at radius 2 is 0.830 bits per heavy atom. The van der Waals surface area contributed by atoms with Gasteiger partial charge in [0.2, 0.25) is 0 Å². The van der Waals surface area contributed by atoms with E-state index in [9.17, 15) is 0 Å². The minimum absolute atomic E-state index is 0.352. The zero-order valence-corrected chi connectivity index (χ0v) is 28.5. The standard InChI is InChI=1S/C38H42O8S/c1-7-45-29-17-11-9-15-27(29)23-25-35(37-31(41-3)19-13-20-32(37)42-4)47(39,40)36(38-33(43-5)21-14-22-34(38)44-6)26-24-28-16-10-12-18-30(28)46-8-2/h9-26,35-36H,7-8H2,1-6H3. The Bertz CT molecular complexity index is 1630.